The highest BCUT2D eigenvalue weighted by molar-refractivity contribution is 5.95. The maximum absolute atomic E-state index is 15.2. The van der Waals surface area contributed by atoms with Gasteiger partial charge >= 0.3 is 6.09 Å². The summed E-state index contributed by atoms with van der Waals surface area (Å²) >= 11 is 0. The van der Waals surface area contributed by atoms with Crippen molar-refractivity contribution in [2.45, 2.75) is 88.7 Å². The van der Waals surface area contributed by atoms with Gasteiger partial charge in [0.1, 0.15) is 29.6 Å². The molecule has 2 saturated heterocycles. The highest BCUT2D eigenvalue weighted by atomic mass is 19.1. The summed E-state index contributed by atoms with van der Waals surface area (Å²) in [5.74, 6) is 0.0740. The lowest BCUT2D eigenvalue weighted by molar-refractivity contribution is -0.0940. The Bertz CT molecular complexity index is 1750. The van der Waals surface area contributed by atoms with Crippen LogP contribution in [0.15, 0.2) is 47.5 Å². The van der Waals surface area contributed by atoms with E-state index < -0.39 is 12.5 Å². The van der Waals surface area contributed by atoms with Crippen LogP contribution < -0.4 is 10.1 Å². The smallest absolute Gasteiger partial charge is 0.410 e. The first-order chi connectivity index (χ1) is 24.1. The number of nitrogens with zero attached hydrogens (tertiary/aromatic N) is 5. The average molecular weight is 690 g/mol. The molecule has 0 radical (unpaired) electrons. The molecular formula is C37H48FN7O5. The molecule has 4 aliphatic rings. The van der Waals surface area contributed by atoms with Crippen LogP contribution in [-0.2, 0) is 11.3 Å². The number of hydrogen-bond acceptors (Lipinski definition) is 10. The molecule has 0 spiro atoms. The van der Waals surface area contributed by atoms with Gasteiger partial charge in [0, 0.05) is 68.5 Å². The Labute approximate surface area is 291 Å². The van der Waals surface area contributed by atoms with Crippen LogP contribution in [0.2, 0.25) is 0 Å². The molecule has 4 N–H and O–H groups in total. The molecular weight excluding hydrogens is 641 g/mol. The number of ether oxygens (including phenoxy) is 2. The summed E-state index contributed by atoms with van der Waals surface area (Å²) in [6.07, 6.45) is 5.62. The maximum atomic E-state index is 15.2. The number of carbonyl (C=O) groups excluding carboxylic acids is 1. The zero-order chi connectivity index (χ0) is 35.0. The topological polar surface area (TPSA) is 139 Å². The van der Waals surface area contributed by atoms with E-state index >= 15 is 4.39 Å². The number of benzene rings is 2. The van der Waals surface area contributed by atoms with E-state index in [4.69, 9.17) is 9.47 Å². The summed E-state index contributed by atoms with van der Waals surface area (Å²) in [4.78, 5) is 22.9. The second-order valence-electron chi connectivity index (χ2n) is 14.4. The number of amides is 1. The maximum Gasteiger partial charge on any atom is 0.410 e. The van der Waals surface area contributed by atoms with Crippen LogP contribution >= 0.6 is 0 Å². The van der Waals surface area contributed by atoms with Crippen molar-refractivity contribution < 1.29 is 28.9 Å². The molecule has 5 unspecified atom stereocenters. The molecule has 1 amide bonds. The minimum absolute atomic E-state index is 0.140. The summed E-state index contributed by atoms with van der Waals surface area (Å²) in [5, 5.41) is 35.3. The largest absolute Gasteiger partial charge is 0.496 e. The van der Waals surface area contributed by atoms with Crippen LogP contribution in [-0.4, -0.2) is 117 Å². The van der Waals surface area contributed by atoms with E-state index in [0.29, 0.717) is 56.9 Å². The standard InChI is InChI=1S/C37H48FN7O5/c1-23-19-24(11-14-39-23)33-27-20-25(7-9-30(27)41-42-33)34(46)40-26-8-10-31(45(21-26)22-28-29(38)5-4-6-32(28)49-3)35(47)43-15-17-44(18-16-43)36(48)50-37(2)12-13-37/h4-7,9,11,14,20,23,26,31,34-35,40,46-47H,8,10,12-13,15-19,21-22H2,1-3H3,(H,41,42). The Morgan fingerprint density at radius 2 is 1.96 bits per heavy atom. The number of piperazine rings is 1. The van der Waals surface area contributed by atoms with Crippen molar-refractivity contribution in [1.82, 2.24) is 30.2 Å². The predicted molar refractivity (Wildman–Crippen MR) is 188 cm³/mol. The number of hydrogen-bond donors (Lipinski definition) is 4. The van der Waals surface area contributed by atoms with Gasteiger partial charge in [-0.3, -0.25) is 25.2 Å². The fourth-order valence-corrected chi connectivity index (χ4v) is 7.43. The van der Waals surface area contributed by atoms with Crippen molar-refractivity contribution in [2.24, 2.45) is 4.99 Å². The van der Waals surface area contributed by atoms with E-state index in [1.54, 1.807) is 17.0 Å². The molecule has 50 heavy (non-hydrogen) atoms. The van der Waals surface area contributed by atoms with Gasteiger partial charge in [-0.25, -0.2) is 9.18 Å². The van der Waals surface area contributed by atoms with E-state index in [1.807, 2.05) is 42.3 Å². The first-order valence-electron chi connectivity index (χ1n) is 17.7. The van der Waals surface area contributed by atoms with Crippen LogP contribution in [0.1, 0.15) is 69.0 Å². The Morgan fingerprint density at radius 1 is 1.16 bits per heavy atom. The first-order valence-corrected chi connectivity index (χ1v) is 17.7. The molecule has 12 nitrogen and oxygen atoms in total. The van der Waals surface area contributed by atoms with Gasteiger partial charge < -0.3 is 24.6 Å². The molecule has 3 fully saturated rings. The summed E-state index contributed by atoms with van der Waals surface area (Å²) < 4.78 is 26.4. The zero-order valence-electron chi connectivity index (χ0n) is 29.0. The highest BCUT2D eigenvalue weighted by Gasteiger charge is 2.43. The van der Waals surface area contributed by atoms with Crippen molar-refractivity contribution in [3.63, 3.8) is 0 Å². The molecule has 3 aromatic rings. The number of aliphatic hydroxyl groups is 2. The molecule has 1 aromatic heterocycles. The molecule has 13 heteroatoms. The second-order valence-corrected chi connectivity index (χ2v) is 14.4. The third-order valence-electron chi connectivity index (χ3n) is 10.7. The van der Waals surface area contributed by atoms with Crippen molar-refractivity contribution in [1.29, 1.82) is 0 Å². The van der Waals surface area contributed by atoms with Crippen LogP contribution in [0, 0.1) is 5.82 Å². The molecule has 1 aliphatic carbocycles. The number of methoxy groups -OCH3 is 1. The predicted octanol–water partition coefficient (Wildman–Crippen LogP) is 4.20. The third-order valence-corrected chi connectivity index (χ3v) is 10.7. The first kappa shape index (κ1) is 34.6. The summed E-state index contributed by atoms with van der Waals surface area (Å²) in [6, 6.07) is 10.3. The van der Waals surface area contributed by atoms with Crippen LogP contribution in [0.4, 0.5) is 9.18 Å². The lowest BCUT2D eigenvalue weighted by Crippen LogP contribution is -2.61. The molecule has 0 bridgehead atoms. The molecule has 5 atom stereocenters. The molecule has 268 valence electrons. The number of piperidine rings is 1. The van der Waals surface area contributed by atoms with Gasteiger partial charge in [0.25, 0.3) is 0 Å². The van der Waals surface area contributed by atoms with Gasteiger partial charge in [-0.2, -0.15) is 5.10 Å². The number of aliphatic imine (C=N–C) groups is 1. The number of halogens is 1. The van der Waals surface area contributed by atoms with Crippen LogP contribution in [0.25, 0.3) is 16.5 Å². The second kappa shape index (κ2) is 14.4. The summed E-state index contributed by atoms with van der Waals surface area (Å²) in [7, 11) is 1.52. The third kappa shape index (κ3) is 7.42. The van der Waals surface area contributed by atoms with Crippen LogP contribution in [0.5, 0.6) is 5.75 Å². The number of aromatic amines is 1. The Hall–Kier alpha value is -3.88. The fraction of sp³-hybridized carbons (Fsp3) is 0.541. The number of allylic oxidation sites excluding steroid dienone is 1. The minimum atomic E-state index is -0.954. The SMILES string of the molecule is COc1cccc(F)c1CN1CC(NC(O)c2ccc3[nH]nc(C4=CC=NC(C)C4)c3c2)CCC1C(O)N1CCN(C(=O)OC2(C)CC2)CC1. The van der Waals surface area contributed by atoms with Gasteiger partial charge in [0.15, 0.2) is 0 Å². The monoisotopic (exact) mass is 689 g/mol. The molecule has 1 saturated carbocycles. The number of aliphatic hydroxyl groups excluding tert-OH is 2. The van der Waals surface area contributed by atoms with E-state index in [9.17, 15) is 15.0 Å². The normalized spacial score (nSPS) is 25.3. The molecule has 7 rings (SSSR count). The quantitative estimate of drug-likeness (QED) is 0.231. The molecule has 4 heterocycles. The van der Waals surface area contributed by atoms with Crippen molar-refractivity contribution in [3.8, 4) is 5.75 Å². The number of carbonyl (C=O) groups is 1. The van der Waals surface area contributed by atoms with Gasteiger partial charge in [-0.05, 0) is 87.4 Å². The molecule has 2 aromatic carbocycles. The van der Waals surface area contributed by atoms with Crippen molar-refractivity contribution >= 4 is 28.8 Å². The zero-order valence-corrected chi connectivity index (χ0v) is 29.0. The number of H-pyrrole nitrogens is 1. The number of rotatable bonds is 10. The summed E-state index contributed by atoms with van der Waals surface area (Å²) in [6.45, 7) is 6.64. The van der Waals surface area contributed by atoms with E-state index in [2.05, 4.69) is 32.3 Å². The van der Waals surface area contributed by atoms with Gasteiger partial charge in [0.05, 0.1) is 24.4 Å². The van der Waals surface area contributed by atoms with Crippen molar-refractivity contribution in [2.75, 3.05) is 39.8 Å². The number of dihydropyridines is 1. The minimum Gasteiger partial charge on any atom is -0.496 e. The summed E-state index contributed by atoms with van der Waals surface area (Å²) in [5.41, 5.74) is 3.66. The number of fused-ring (bicyclic) bond motifs is 1. The number of nitrogens with one attached hydrogen (secondary N) is 2. The lowest BCUT2D eigenvalue weighted by Gasteiger charge is -2.47. The van der Waals surface area contributed by atoms with Gasteiger partial charge in [0.2, 0.25) is 0 Å². The number of aromatic nitrogens is 2. The van der Waals surface area contributed by atoms with Crippen molar-refractivity contribution in [3.05, 3.63) is 65.1 Å². The van der Waals surface area contributed by atoms with Gasteiger partial charge in [-0.15, -0.1) is 0 Å². The lowest BCUT2D eigenvalue weighted by atomic mass is 9.94. The van der Waals surface area contributed by atoms with E-state index in [1.165, 1.54) is 13.2 Å². The Balaban J connectivity index is 1.05. The highest BCUT2D eigenvalue weighted by Crippen LogP contribution is 2.39. The number of likely N-dealkylation sites (tertiary alicyclic amines) is 1. The Kier molecular flexibility index (Phi) is 9.95. The van der Waals surface area contributed by atoms with Gasteiger partial charge in [-0.1, -0.05) is 12.1 Å². The van der Waals surface area contributed by atoms with E-state index in [-0.39, 0.29) is 42.2 Å². The molecule has 3 aliphatic heterocycles. The average Bonchev–Trinajstić information content (AvgIpc) is 3.69. The fourth-order valence-electron chi connectivity index (χ4n) is 7.43. The van der Waals surface area contributed by atoms with Crippen LogP contribution in [0.3, 0.4) is 0 Å². The van der Waals surface area contributed by atoms with E-state index in [0.717, 1.165) is 47.0 Å². The Morgan fingerprint density at radius 3 is 2.70 bits per heavy atom.